The van der Waals surface area contributed by atoms with Crippen LogP contribution in [0.15, 0.2) is 42.6 Å². The monoisotopic (exact) mass is 342 g/mol. The Balaban J connectivity index is 2.06. The number of aliphatic hydroxyl groups is 1. The molecule has 0 aliphatic carbocycles. The van der Waals surface area contributed by atoms with Crippen molar-refractivity contribution in [3.63, 3.8) is 0 Å². The summed E-state index contributed by atoms with van der Waals surface area (Å²) in [5.74, 6) is -0.160. The molecular weight excluding hydrogens is 332 g/mol. The van der Waals surface area contributed by atoms with E-state index in [2.05, 4.69) is 10.1 Å². The van der Waals surface area contributed by atoms with Crippen LogP contribution in [-0.2, 0) is 0 Å². The molecule has 0 atom stereocenters. The Morgan fingerprint density at radius 2 is 2.04 bits per heavy atom. The number of aromatic nitrogens is 3. The molecule has 23 heavy (non-hydrogen) atoms. The van der Waals surface area contributed by atoms with Crippen LogP contribution in [0.1, 0.15) is 16.3 Å². The molecule has 0 saturated heterocycles. The van der Waals surface area contributed by atoms with Crippen LogP contribution in [0.25, 0.3) is 17.0 Å². The van der Waals surface area contributed by atoms with E-state index in [1.165, 1.54) is 0 Å². The van der Waals surface area contributed by atoms with E-state index in [9.17, 15) is 10.4 Å². The lowest BCUT2D eigenvalue weighted by Gasteiger charge is -2.02. The summed E-state index contributed by atoms with van der Waals surface area (Å²) < 4.78 is 1.96. The second kappa shape index (κ2) is 6.24. The van der Waals surface area contributed by atoms with Gasteiger partial charge in [-0.3, -0.25) is 0 Å². The number of hydrogen-bond acceptors (Lipinski definition) is 5. The number of halogens is 1. The van der Waals surface area contributed by atoms with Crippen LogP contribution in [0, 0.1) is 18.3 Å². The molecule has 5 nitrogen and oxygen atoms in total. The molecule has 0 spiro atoms. The maximum absolute atomic E-state index is 10.4. The van der Waals surface area contributed by atoms with E-state index in [4.69, 9.17) is 11.6 Å². The molecular formula is C16H11ClN4OS. The van der Waals surface area contributed by atoms with E-state index in [0.717, 1.165) is 17.0 Å². The topological polar surface area (TPSA) is 74.7 Å². The van der Waals surface area contributed by atoms with E-state index >= 15 is 0 Å². The first-order valence-electron chi connectivity index (χ1n) is 6.68. The van der Waals surface area contributed by atoms with Crippen molar-refractivity contribution in [3.05, 3.63) is 63.3 Å². The summed E-state index contributed by atoms with van der Waals surface area (Å²) in [4.78, 5) is 4.52. The third kappa shape index (κ3) is 2.97. The molecule has 0 aliphatic heterocycles. The first-order chi connectivity index (χ1) is 11.1. The zero-order valence-corrected chi connectivity index (χ0v) is 13.6. The number of nitrogens with zero attached hydrogens (tertiary/aromatic N) is 4. The smallest absolute Gasteiger partial charge is 0.184 e. The van der Waals surface area contributed by atoms with Gasteiger partial charge in [0, 0.05) is 6.20 Å². The maximum atomic E-state index is 10.4. The number of allylic oxidation sites excluding steroid dienone is 1. The number of benzene rings is 1. The fourth-order valence-electron chi connectivity index (χ4n) is 2.11. The fourth-order valence-corrected chi connectivity index (χ4v) is 3.21. The van der Waals surface area contributed by atoms with Crippen molar-refractivity contribution < 1.29 is 5.11 Å². The third-order valence-corrected chi connectivity index (χ3v) is 4.47. The van der Waals surface area contributed by atoms with Gasteiger partial charge < -0.3 is 5.11 Å². The van der Waals surface area contributed by atoms with Crippen LogP contribution in [-0.4, -0.2) is 19.9 Å². The molecule has 1 N–H and O–H groups in total. The third-order valence-electron chi connectivity index (χ3n) is 3.20. The molecule has 114 valence electrons. The van der Waals surface area contributed by atoms with Gasteiger partial charge in [-0.05, 0) is 25.1 Å². The fraction of sp³-hybridized carbons (Fsp3) is 0.0625. The SMILES string of the molecule is Cc1nc(Cl)sc1C(O)=C(C#N)c1ccn(-c2ccccc2)n1. The van der Waals surface area contributed by atoms with Crippen LogP contribution < -0.4 is 0 Å². The van der Waals surface area contributed by atoms with Crippen molar-refractivity contribution in [2.24, 2.45) is 0 Å². The second-order valence-electron chi connectivity index (χ2n) is 4.70. The van der Waals surface area contributed by atoms with Crippen molar-refractivity contribution in [2.75, 3.05) is 0 Å². The number of hydrogen-bond donors (Lipinski definition) is 1. The van der Waals surface area contributed by atoms with E-state index in [0.29, 0.717) is 20.7 Å². The summed E-state index contributed by atoms with van der Waals surface area (Å²) in [6, 6.07) is 13.2. The Hall–Kier alpha value is -2.62. The minimum atomic E-state index is -0.160. The first-order valence-corrected chi connectivity index (χ1v) is 7.87. The van der Waals surface area contributed by atoms with Crippen LogP contribution in [0.3, 0.4) is 0 Å². The molecule has 7 heteroatoms. The Morgan fingerprint density at radius 3 is 2.65 bits per heavy atom. The molecule has 0 bridgehead atoms. The van der Waals surface area contributed by atoms with Gasteiger partial charge in [0.05, 0.1) is 16.3 Å². The zero-order valence-electron chi connectivity index (χ0n) is 12.1. The minimum absolute atomic E-state index is 0.0862. The summed E-state index contributed by atoms with van der Waals surface area (Å²) in [6.45, 7) is 1.73. The van der Waals surface area contributed by atoms with Crippen molar-refractivity contribution in [1.29, 1.82) is 5.26 Å². The molecule has 1 aromatic carbocycles. The second-order valence-corrected chi connectivity index (χ2v) is 6.28. The molecule has 0 fully saturated rings. The number of nitriles is 1. The Bertz CT molecular complexity index is 921. The molecule has 0 unspecified atom stereocenters. The lowest BCUT2D eigenvalue weighted by Crippen LogP contribution is -1.96. The molecule has 0 saturated carbocycles. The molecule has 2 heterocycles. The van der Waals surface area contributed by atoms with Gasteiger partial charge in [-0.2, -0.15) is 10.4 Å². The van der Waals surface area contributed by atoms with Crippen LogP contribution in [0.2, 0.25) is 4.47 Å². The number of aliphatic hydroxyl groups excluding tert-OH is 1. The quantitative estimate of drug-likeness (QED) is 0.570. The summed E-state index contributed by atoms with van der Waals surface area (Å²) in [5.41, 5.74) is 1.92. The highest BCUT2D eigenvalue weighted by Crippen LogP contribution is 2.31. The van der Waals surface area contributed by atoms with Gasteiger partial charge in [0.15, 0.2) is 10.2 Å². The Kier molecular flexibility index (Phi) is 4.15. The summed E-state index contributed by atoms with van der Waals surface area (Å²) in [7, 11) is 0. The molecule has 0 radical (unpaired) electrons. The van der Waals surface area contributed by atoms with E-state index in [1.807, 2.05) is 36.4 Å². The lowest BCUT2D eigenvalue weighted by atomic mass is 10.1. The predicted octanol–water partition coefficient (Wildman–Crippen LogP) is 4.24. The van der Waals surface area contributed by atoms with Gasteiger partial charge in [-0.15, -0.1) is 0 Å². The summed E-state index contributed by atoms with van der Waals surface area (Å²) >= 11 is 6.98. The Morgan fingerprint density at radius 1 is 1.30 bits per heavy atom. The maximum Gasteiger partial charge on any atom is 0.184 e. The normalized spacial score (nSPS) is 11.9. The van der Waals surface area contributed by atoms with Crippen molar-refractivity contribution >= 4 is 34.3 Å². The molecule has 3 aromatic rings. The number of para-hydroxylation sites is 1. The summed E-state index contributed by atoms with van der Waals surface area (Å²) in [6.07, 6.45) is 1.74. The number of thiazole rings is 1. The number of aryl methyl sites for hydroxylation is 1. The number of rotatable bonds is 3. The Labute approximate surface area is 141 Å². The molecule has 0 amide bonds. The van der Waals surface area contributed by atoms with Gasteiger partial charge >= 0.3 is 0 Å². The van der Waals surface area contributed by atoms with Gasteiger partial charge in [-0.1, -0.05) is 41.1 Å². The van der Waals surface area contributed by atoms with Gasteiger partial charge in [-0.25, -0.2) is 9.67 Å². The van der Waals surface area contributed by atoms with Crippen LogP contribution in [0.4, 0.5) is 0 Å². The largest absolute Gasteiger partial charge is 0.505 e. The van der Waals surface area contributed by atoms with Gasteiger partial charge in [0.2, 0.25) is 0 Å². The van der Waals surface area contributed by atoms with Gasteiger partial charge in [0.25, 0.3) is 0 Å². The predicted molar refractivity (Wildman–Crippen MR) is 90.5 cm³/mol. The van der Waals surface area contributed by atoms with E-state index in [1.54, 1.807) is 23.9 Å². The van der Waals surface area contributed by atoms with Crippen LogP contribution >= 0.6 is 22.9 Å². The lowest BCUT2D eigenvalue weighted by molar-refractivity contribution is 0.515. The molecule has 3 rings (SSSR count). The first kappa shape index (κ1) is 15.3. The average Bonchev–Trinajstić information content (AvgIpc) is 3.15. The van der Waals surface area contributed by atoms with Crippen molar-refractivity contribution in [3.8, 4) is 11.8 Å². The van der Waals surface area contributed by atoms with Crippen molar-refractivity contribution in [1.82, 2.24) is 14.8 Å². The van der Waals surface area contributed by atoms with E-state index < -0.39 is 0 Å². The van der Waals surface area contributed by atoms with Crippen molar-refractivity contribution in [2.45, 2.75) is 6.92 Å². The average molecular weight is 343 g/mol. The highest BCUT2D eigenvalue weighted by atomic mass is 35.5. The van der Waals surface area contributed by atoms with Gasteiger partial charge in [0.1, 0.15) is 17.3 Å². The highest BCUT2D eigenvalue weighted by Gasteiger charge is 2.18. The zero-order chi connectivity index (χ0) is 16.4. The summed E-state index contributed by atoms with van der Waals surface area (Å²) in [5, 5.41) is 24.2. The molecule has 2 aromatic heterocycles. The molecule has 0 aliphatic rings. The highest BCUT2D eigenvalue weighted by molar-refractivity contribution is 7.16. The van der Waals surface area contributed by atoms with Crippen LogP contribution in [0.5, 0.6) is 0 Å². The minimum Gasteiger partial charge on any atom is -0.505 e. The van der Waals surface area contributed by atoms with E-state index in [-0.39, 0.29) is 11.3 Å². The standard InChI is InChI=1S/C16H11ClN4OS/c1-10-15(23-16(17)19-10)14(22)12(9-18)13-7-8-21(20-13)11-5-3-2-4-6-11/h2-8,22H,1H3.